The summed E-state index contributed by atoms with van der Waals surface area (Å²) in [4.78, 5) is 15.7. The number of amides is 1. The van der Waals surface area contributed by atoms with E-state index >= 15 is 0 Å². The largest absolute Gasteiger partial charge is 0.355 e. The molecule has 1 saturated heterocycles. The molecule has 1 aliphatic heterocycles. The first-order valence-corrected chi connectivity index (χ1v) is 9.75. The van der Waals surface area contributed by atoms with Crippen molar-refractivity contribution in [1.29, 1.82) is 0 Å². The van der Waals surface area contributed by atoms with Crippen molar-refractivity contribution in [3.8, 4) is 0 Å². The van der Waals surface area contributed by atoms with E-state index in [9.17, 15) is 4.79 Å². The number of halogens is 1. The summed E-state index contributed by atoms with van der Waals surface area (Å²) in [5.74, 6) is 0.133. The van der Waals surface area contributed by atoms with Gasteiger partial charge in [0.2, 0.25) is 5.91 Å². The van der Waals surface area contributed by atoms with Crippen LogP contribution >= 0.6 is 27.7 Å². The third-order valence-corrected chi connectivity index (χ3v) is 5.54. The lowest BCUT2D eigenvalue weighted by Gasteiger charge is -2.15. The fourth-order valence-corrected chi connectivity index (χ4v) is 3.75. The van der Waals surface area contributed by atoms with Crippen LogP contribution in [0.5, 0.6) is 0 Å². The first-order chi connectivity index (χ1) is 10.6. The summed E-state index contributed by atoms with van der Waals surface area (Å²) < 4.78 is 1.06. The monoisotopic (exact) mass is 384 g/mol. The molecule has 122 valence electrons. The molecular formula is C17H25BrN2OS. The summed E-state index contributed by atoms with van der Waals surface area (Å²) in [6.45, 7) is 6.45. The highest BCUT2D eigenvalue weighted by Gasteiger charge is 2.14. The third kappa shape index (κ3) is 6.31. The molecule has 1 atom stereocenters. The molecular weight excluding hydrogens is 360 g/mol. The minimum Gasteiger partial charge on any atom is -0.355 e. The van der Waals surface area contributed by atoms with E-state index in [2.05, 4.69) is 26.1 Å². The van der Waals surface area contributed by atoms with Crippen molar-refractivity contribution in [2.24, 2.45) is 0 Å². The van der Waals surface area contributed by atoms with Crippen LogP contribution in [0.25, 0.3) is 0 Å². The van der Waals surface area contributed by atoms with Gasteiger partial charge in [-0.05, 0) is 76.5 Å². The smallest absolute Gasteiger partial charge is 0.233 e. The summed E-state index contributed by atoms with van der Waals surface area (Å²) in [6, 6.07) is 8.08. The number of unbranched alkanes of at least 4 members (excludes halogenated alkanes) is 1. The predicted octanol–water partition coefficient (Wildman–Crippen LogP) is 3.92. The van der Waals surface area contributed by atoms with Gasteiger partial charge in [-0.3, -0.25) is 4.79 Å². The molecule has 1 fully saturated rings. The molecule has 1 unspecified atom stereocenters. The molecule has 0 radical (unpaired) electrons. The van der Waals surface area contributed by atoms with Gasteiger partial charge in [0.15, 0.2) is 0 Å². The van der Waals surface area contributed by atoms with E-state index in [0.29, 0.717) is 0 Å². The molecule has 0 aliphatic carbocycles. The van der Waals surface area contributed by atoms with Gasteiger partial charge < -0.3 is 10.2 Å². The number of hydrogen-bond acceptors (Lipinski definition) is 3. The topological polar surface area (TPSA) is 32.3 Å². The van der Waals surface area contributed by atoms with Gasteiger partial charge in [-0.1, -0.05) is 15.9 Å². The number of carbonyl (C=O) groups excluding carboxylic acids is 1. The first-order valence-electron chi connectivity index (χ1n) is 8.07. The van der Waals surface area contributed by atoms with Gasteiger partial charge in [0.25, 0.3) is 0 Å². The number of nitrogens with one attached hydrogen (secondary N) is 1. The van der Waals surface area contributed by atoms with Crippen LogP contribution in [-0.2, 0) is 4.79 Å². The summed E-state index contributed by atoms with van der Waals surface area (Å²) in [7, 11) is 0. The molecule has 1 heterocycles. The average molecular weight is 385 g/mol. The van der Waals surface area contributed by atoms with E-state index in [1.54, 1.807) is 11.8 Å². The Balaban J connectivity index is 1.58. The Morgan fingerprint density at radius 1 is 1.27 bits per heavy atom. The van der Waals surface area contributed by atoms with E-state index in [1.165, 1.54) is 38.9 Å². The molecule has 5 heteroatoms. The van der Waals surface area contributed by atoms with E-state index in [-0.39, 0.29) is 11.2 Å². The number of carbonyl (C=O) groups is 1. The van der Waals surface area contributed by atoms with Gasteiger partial charge >= 0.3 is 0 Å². The molecule has 1 amide bonds. The Hall–Kier alpha value is -0.520. The van der Waals surface area contributed by atoms with E-state index < -0.39 is 0 Å². The van der Waals surface area contributed by atoms with Crippen molar-refractivity contribution in [2.75, 3.05) is 26.2 Å². The standard InChI is InChI=1S/C17H25BrN2OS/c1-14(22-16-8-6-15(18)7-9-16)17(21)19-10-2-3-11-20-12-4-5-13-20/h6-9,14H,2-5,10-13H2,1H3,(H,19,21). The van der Waals surface area contributed by atoms with Gasteiger partial charge in [0.1, 0.15) is 0 Å². The number of hydrogen-bond donors (Lipinski definition) is 1. The lowest BCUT2D eigenvalue weighted by molar-refractivity contribution is -0.120. The number of likely N-dealkylation sites (tertiary alicyclic amines) is 1. The molecule has 1 N–H and O–H groups in total. The van der Waals surface area contributed by atoms with Crippen molar-refractivity contribution >= 4 is 33.6 Å². The zero-order valence-corrected chi connectivity index (χ0v) is 15.6. The quantitative estimate of drug-likeness (QED) is 0.544. The summed E-state index contributed by atoms with van der Waals surface area (Å²) >= 11 is 5.03. The SMILES string of the molecule is CC(Sc1ccc(Br)cc1)C(=O)NCCCCN1CCCC1. The number of benzene rings is 1. The molecule has 0 bridgehead atoms. The average Bonchev–Trinajstić information content (AvgIpc) is 3.02. The molecule has 1 aromatic carbocycles. The van der Waals surface area contributed by atoms with Gasteiger partial charge in [0.05, 0.1) is 5.25 Å². The summed E-state index contributed by atoms with van der Waals surface area (Å²) in [5, 5.41) is 3.00. The normalized spacial score (nSPS) is 16.6. The van der Waals surface area contributed by atoms with Crippen LogP contribution in [0.4, 0.5) is 0 Å². The maximum absolute atomic E-state index is 12.1. The molecule has 3 nitrogen and oxygen atoms in total. The van der Waals surface area contributed by atoms with Gasteiger partial charge in [0, 0.05) is 15.9 Å². The lowest BCUT2D eigenvalue weighted by atomic mass is 10.3. The van der Waals surface area contributed by atoms with Crippen LogP contribution in [0.2, 0.25) is 0 Å². The van der Waals surface area contributed by atoms with Gasteiger partial charge in [-0.25, -0.2) is 0 Å². The van der Waals surface area contributed by atoms with E-state index in [4.69, 9.17) is 0 Å². The second kappa shape index (κ2) is 9.58. The molecule has 0 spiro atoms. The van der Waals surface area contributed by atoms with Crippen LogP contribution in [0.3, 0.4) is 0 Å². The Labute approximate surface area is 146 Å². The van der Waals surface area contributed by atoms with Crippen LogP contribution < -0.4 is 5.32 Å². The van der Waals surface area contributed by atoms with Crippen LogP contribution in [-0.4, -0.2) is 42.2 Å². The van der Waals surface area contributed by atoms with Crippen molar-refractivity contribution < 1.29 is 4.79 Å². The lowest BCUT2D eigenvalue weighted by Crippen LogP contribution is -2.32. The van der Waals surface area contributed by atoms with Crippen molar-refractivity contribution in [3.63, 3.8) is 0 Å². The second-order valence-corrected chi connectivity index (χ2v) is 8.09. The third-order valence-electron chi connectivity index (χ3n) is 3.89. The molecule has 0 saturated carbocycles. The zero-order chi connectivity index (χ0) is 15.8. The fraction of sp³-hybridized carbons (Fsp3) is 0.588. The summed E-state index contributed by atoms with van der Waals surface area (Å²) in [6.07, 6.45) is 4.94. The van der Waals surface area contributed by atoms with Crippen molar-refractivity contribution in [3.05, 3.63) is 28.7 Å². The maximum Gasteiger partial charge on any atom is 0.233 e. The predicted molar refractivity (Wildman–Crippen MR) is 97.4 cm³/mol. The minimum atomic E-state index is -0.0558. The van der Waals surface area contributed by atoms with Gasteiger partial charge in [-0.2, -0.15) is 0 Å². The highest BCUT2D eigenvalue weighted by atomic mass is 79.9. The van der Waals surface area contributed by atoms with Crippen molar-refractivity contribution in [1.82, 2.24) is 10.2 Å². The number of nitrogens with zero attached hydrogens (tertiary/aromatic N) is 1. The first kappa shape index (κ1) is 17.8. The molecule has 22 heavy (non-hydrogen) atoms. The van der Waals surface area contributed by atoms with Gasteiger partial charge in [-0.15, -0.1) is 11.8 Å². The Morgan fingerprint density at radius 3 is 2.64 bits per heavy atom. The Bertz CT molecular complexity index is 460. The van der Waals surface area contributed by atoms with Crippen LogP contribution in [0.1, 0.15) is 32.6 Å². The number of rotatable bonds is 8. The molecule has 1 aromatic rings. The highest BCUT2D eigenvalue weighted by molar-refractivity contribution is 9.10. The zero-order valence-electron chi connectivity index (χ0n) is 13.2. The fourth-order valence-electron chi connectivity index (χ4n) is 2.59. The molecule has 0 aromatic heterocycles. The Kier molecular flexibility index (Phi) is 7.76. The van der Waals surface area contributed by atoms with Crippen LogP contribution in [0.15, 0.2) is 33.6 Å². The van der Waals surface area contributed by atoms with Crippen LogP contribution in [0, 0.1) is 0 Å². The summed E-state index contributed by atoms with van der Waals surface area (Å²) in [5.41, 5.74) is 0. The Morgan fingerprint density at radius 2 is 1.95 bits per heavy atom. The maximum atomic E-state index is 12.1. The molecule has 2 rings (SSSR count). The van der Waals surface area contributed by atoms with E-state index in [0.717, 1.165) is 22.3 Å². The van der Waals surface area contributed by atoms with E-state index in [1.807, 2.05) is 31.2 Å². The second-order valence-electron chi connectivity index (χ2n) is 5.76. The van der Waals surface area contributed by atoms with Crippen molar-refractivity contribution in [2.45, 2.75) is 42.8 Å². The highest BCUT2D eigenvalue weighted by Crippen LogP contribution is 2.24. The minimum absolute atomic E-state index is 0.0558. The number of thioether (sulfide) groups is 1. The molecule has 1 aliphatic rings.